The molecule has 0 saturated heterocycles. The first-order valence-electron chi connectivity index (χ1n) is 8.35. The average Bonchev–Trinajstić information content (AvgIpc) is 2.49. The van der Waals surface area contributed by atoms with E-state index in [1.165, 1.54) is 50.5 Å². The molecule has 0 radical (unpaired) electrons. The Morgan fingerprint density at radius 2 is 1.90 bits per heavy atom. The zero-order chi connectivity index (χ0) is 15.1. The molecule has 0 aliphatic heterocycles. The van der Waals surface area contributed by atoms with Crippen LogP contribution in [-0.4, -0.2) is 11.2 Å². The fourth-order valence-corrected chi connectivity index (χ4v) is 3.27. The SMILES string of the molecule is CCCCc1ccc(NC(=S)NC2CCCCC2C)cc1. The molecule has 2 N–H and O–H groups in total. The topological polar surface area (TPSA) is 24.1 Å². The molecule has 1 aromatic carbocycles. The molecule has 1 aromatic rings. The number of unbranched alkanes of at least 4 members (excludes halogenated alkanes) is 1. The Labute approximate surface area is 134 Å². The van der Waals surface area contributed by atoms with E-state index in [0.29, 0.717) is 6.04 Å². The minimum atomic E-state index is 0.530. The van der Waals surface area contributed by atoms with Gasteiger partial charge in [-0.2, -0.15) is 0 Å². The van der Waals surface area contributed by atoms with Crippen LogP contribution in [0.4, 0.5) is 5.69 Å². The molecule has 0 aromatic heterocycles. The summed E-state index contributed by atoms with van der Waals surface area (Å²) in [6, 6.07) is 9.18. The lowest BCUT2D eigenvalue weighted by Gasteiger charge is -2.30. The molecule has 1 fully saturated rings. The van der Waals surface area contributed by atoms with E-state index in [0.717, 1.165) is 16.7 Å². The Bertz CT molecular complexity index is 441. The minimum Gasteiger partial charge on any atom is -0.359 e. The predicted molar refractivity (Wildman–Crippen MR) is 95.8 cm³/mol. The van der Waals surface area contributed by atoms with Gasteiger partial charge < -0.3 is 10.6 Å². The Morgan fingerprint density at radius 3 is 2.57 bits per heavy atom. The third-order valence-corrected chi connectivity index (χ3v) is 4.68. The number of hydrogen-bond donors (Lipinski definition) is 2. The van der Waals surface area contributed by atoms with Crippen LogP contribution in [0, 0.1) is 5.92 Å². The normalized spacial score (nSPS) is 21.8. The van der Waals surface area contributed by atoms with Crippen LogP contribution in [0.2, 0.25) is 0 Å². The second-order valence-electron chi connectivity index (χ2n) is 6.27. The molecule has 116 valence electrons. The maximum Gasteiger partial charge on any atom is 0.171 e. The van der Waals surface area contributed by atoms with E-state index in [4.69, 9.17) is 12.2 Å². The summed E-state index contributed by atoms with van der Waals surface area (Å²) in [5.41, 5.74) is 2.48. The summed E-state index contributed by atoms with van der Waals surface area (Å²) in [5, 5.41) is 7.56. The van der Waals surface area contributed by atoms with Gasteiger partial charge >= 0.3 is 0 Å². The minimum absolute atomic E-state index is 0.530. The van der Waals surface area contributed by atoms with Crippen molar-refractivity contribution in [2.45, 2.75) is 64.8 Å². The van der Waals surface area contributed by atoms with Crippen molar-refractivity contribution in [1.29, 1.82) is 0 Å². The van der Waals surface area contributed by atoms with Gasteiger partial charge in [0.2, 0.25) is 0 Å². The zero-order valence-corrected chi connectivity index (χ0v) is 14.1. The van der Waals surface area contributed by atoms with Crippen LogP contribution in [0.3, 0.4) is 0 Å². The van der Waals surface area contributed by atoms with Gasteiger partial charge in [-0.3, -0.25) is 0 Å². The summed E-state index contributed by atoms with van der Waals surface area (Å²) < 4.78 is 0. The van der Waals surface area contributed by atoms with Crippen LogP contribution in [0.15, 0.2) is 24.3 Å². The monoisotopic (exact) mass is 304 g/mol. The standard InChI is InChI=1S/C18H28N2S/c1-3-4-8-15-10-12-16(13-11-15)19-18(21)20-17-9-6-5-7-14(17)2/h10-14,17H,3-9H2,1-2H3,(H2,19,20,21). The highest BCUT2D eigenvalue weighted by atomic mass is 32.1. The molecular weight excluding hydrogens is 276 g/mol. The van der Waals surface area contributed by atoms with Crippen molar-refractivity contribution in [1.82, 2.24) is 5.32 Å². The smallest absolute Gasteiger partial charge is 0.171 e. The van der Waals surface area contributed by atoms with Crippen molar-refractivity contribution < 1.29 is 0 Å². The first kappa shape index (κ1) is 16.3. The molecule has 1 aliphatic rings. The highest BCUT2D eigenvalue weighted by molar-refractivity contribution is 7.80. The molecular formula is C18H28N2S. The average molecular weight is 305 g/mol. The van der Waals surface area contributed by atoms with E-state index >= 15 is 0 Å². The number of nitrogens with one attached hydrogen (secondary N) is 2. The van der Waals surface area contributed by atoms with Crippen LogP contribution in [0.5, 0.6) is 0 Å². The Morgan fingerprint density at radius 1 is 1.19 bits per heavy atom. The fourth-order valence-electron chi connectivity index (χ4n) is 3.00. The number of rotatable bonds is 5. The summed E-state index contributed by atoms with van der Waals surface area (Å²) in [6.07, 6.45) is 8.89. The van der Waals surface area contributed by atoms with Crippen molar-refractivity contribution >= 4 is 23.0 Å². The van der Waals surface area contributed by atoms with Crippen molar-refractivity contribution in [2.24, 2.45) is 5.92 Å². The van der Waals surface area contributed by atoms with Crippen LogP contribution in [0.25, 0.3) is 0 Å². The second kappa shape index (κ2) is 8.38. The lowest BCUT2D eigenvalue weighted by atomic mass is 9.86. The van der Waals surface area contributed by atoms with Gasteiger partial charge in [-0.15, -0.1) is 0 Å². The largest absolute Gasteiger partial charge is 0.359 e. The first-order chi connectivity index (χ1) is 10.2. The van der Waals surface area contributed by atoms with Crippen LogP contribution < -0.4 is 10.6 Å². The third-order valence-electron chi connectivity index (χ3n) is 4.46. The summed E-state index contributed by atoms with van der Waals surface area (Å²) in [4.78, 5) is 0. The first-order valence-corrected chi connectivity index (χ1v) is 8.76. The maximum absolute atomic E-state index is 5.45. The molecule has 0 bridgehead atoms. The third kappa shape index (κ3) is 5.31. The van der Waals surface area contributed by atoms with E-state index < -0.39 is 0 Å². The molecule has 2 nitrogen and oxygen atoms in total. The highest BCUT2D eigenvalue weighted by Gasteiger charge is 2.21. The number of thiocarbonyl (C=S) groups is 1. The van der Waals surface area contributed by atoms with Crippen molar-refractivity contribution in [3.63, 3.8) is 0 Å². The molecule has 2 rings (SSSR count). The van der Waals surface area contributed by atoms with Gasteiger partial charge in [0.1, 0.15) is 0 Å². The molecule has 21 heavy (non-hydrogen) atoms. The Balaban J connectivity index is 1.81. The molecule has 1 saturated carbocycles. The molecule has 0 heterocycles. The van der Waals surface area contributed by atoms with E-state index in [1.807, 2.05) is 0 Å². The maximum atomic E-state index is 5.45. The molecule has 2 unspecified atom stereocenters. The number of hydrogen-bond acceptors (Lipinski definition) is 1. The van der Waals surface area contributed by atoms with Gasteiger partial charge in [0.15, 0.2) is 5.11 Å². The van der Waals surface area contributed by atoms with Crippen LogP contribution in [-0.2, 0) is 6.42 Å². The molecule has 3 heteroatoms. The van der Waals surface area contributed by atoms with Crippen LogP contribution in [0.1, 0.15) is 57.9 Å². The van der Waals surface area contributed by atoms with Gasteiger partial charge in [0.05, 0.1) is 0 Å². The van der Waals surface area contributed by atoms with Crippen molar-refractivity contribution in [3.05, 3.63) is 29.8 Å². The van der Waals surface area contributed by atoms with Crippen molar-refractivity contribution in [3.8, 4) is 0 Å². The van der Waals surface area contributed by atoms with E-state index in [9.17, 15) is 0 Å². The lowest BCUT2D eigenvalue weighted by Crippen LogP contribution is -2.43. The predicted octanol–water partition coefficient (Wildman–Crippen LogP) is 4.89. The molecule has 1 aliphatic carbocycles. The summed E-state index contributed by atoms with van der Waals surface area (Å²) in [7, 11) is 0. The summed E-state index contributed by atoms with van der Waals surface area (Å²) in [6.45, 7) is 4.55. The van der Waals surface area contributed by atoms with Gasteiger partial charge in [-0.25, -0.2) is 0 Å². The number of aryl methyl sites for hydroxylation is 1. The van der Waals surface area contributed by atoms with Gasteiger partial charge in [-0.05, 0) is 61.5 Å². The quantitative estimate of drug-likeness (QED) is 0.757. The Kier molecular flexibility index (Phi) is 6.50. The number of anilines is 1. The van der Waals surface area contributed by atoms with Crippen LogP contribution >= 0.6 is 12.2 Å². The van der Waals surface area contributed by atoms with E-state index in [1.54, 1.807) is 0 Å². The van der Waals surface area contributed by atoms with Gasteiger partial charge in [0, 0.05) is 11.7 Å². The number of benzene rings is 1. The second-order valence-corrected chi connectivity index (χ2v) is 6.68. The molecule has 0 amide bonds. The lowest BCUT2D eigenvalue weighted by molar-refractivity contribution is 0.309. The highest BCUT2D eigenvalue weighted by Crippen LogP contribution is 2.23. The van der Waals surface area contributed by atoms with E-state index in [-0.39, 0.29) is 0 Å². The zero-order valence-electron chi connectivity index (χ0n) is 13.3. The Hall–Kier alpha value is -1.09. The van der Waals surface area contributed by atoms with Gasteiger partial charge in [-0.1, -0.05) is 45.2 Å². The fraction of sp³-hybridized carbons (Fsp3) is 0.611. The summed E-state index contributed by atoms with van der Waals surface area (Å²) >= 11 is 5.45. The van der Waals surface area contributed by atoms with E-state index in [2.05, 4.69) is 48.7 Å². The van der Waals surface area contributed by atoms with Gasteiger partial charge in [0.25, 0.3) is 0 Å². The molecule has 0 spiro atoms. The summed E-state index contributed by atoms with van der Waals surface area (Å²) in [5.74, 6) is 0.718. The molecule has 2 atom stereocenters. The van der Waals surface area contributed by atoms with Crippen molar-refractivity contribution in [2.75, 3.05) is 5.32 Å².